The van der Waals surface area contributed by atoms with E-state index in [2.05, 4.69) is 0 Å². The molecule has 0 saturated carbocycles. The van der Waals surface area contributed by atoms with Crippen molar-refractivity contribution in [3.8, 4) is 5.75 Å². The van der Waals surface area contributed by atoms with Crippen molar-refractivity contribution >= 4 is 31.3 Å². The molecule has 2 aromatic rings. The molecule has 3 nitrogen and oxygen atoms in total. The van der Waals surface area contributed by atoms with E-state index in [0.717, 1.165) is 15.0 Å². The first-order chi connectivity index (χ1) is 7.88. The van der Waals surface area contributed by atoms with Gasteiger partial charge < -0.3 is 5.11 Å². The molecular formula is C12H14O3S2. The van der Waals surface area contributed by atoms with Crippen molar-refractivity contribution in [2.75, 3.05) is 0 Å². The van der Waals surface area contributed by atoms with Crippen LogP contribution in [0.4, 0.5) is 0 Å². The average molecular weight is 270 g/mol. The Morgan fingerprint density at radius 1 is 1.29 bits per heavy atom. The van der Waals surface area contributed by atoms with Crippen LogP contribution in [0.2, 0.25) is 0 Å². The van der Waals surface area contributed by atoms with Crippen LogP contribution in [0, 0.1) is 0 Å². The summed E-state index contributed by atoms with van der Waals surface area (Å²) in [5.74, 6) is 0.277. The van der Waals surface area contributed by atoms with Crippen LogP contribution in [0.5, 0.6) is 5.75 Å². The van der Waals surface area contributed by atoms with Gasteiger partial charge in [0.15, 0.2) is 9.84 Å². The lowest BCUT2D eigenvalue weighted by Gasteiger charge is -2.04. The lowest BCUT2D eigenvalue weighted by Crippen LogP contribution is -2.15. The molecule has 0 spiro atoms. The monoisotopic (exact) mass is 270 g/mol. The normalized spacial score (nSPS) is 12.4. The number of fused-ring (bicyclic) bond motifs is 1. The zero-order valence-electron chi connectivity index (χ0n) is 9.67. The summed E-state index contributed by atoms with van der Waals surface area (Å²) in [5.41, 5.74) is 0. The number of phenols is 1. The molecule has 0 unspecified atom stereocenters. The van der Waals surface area contributed by atoms with Gasteiger partial charge in [-0.15, -0.1) is 11.3 Å². The molecule has 2 rings (SSSR count). The van der Waals surface area contributed by atoms with Crippen LogP contribution in [0.3, 0.4) is 0 Å². The maximum absolute atomic E-state index is 11.8. The number of thiophene rings is 1. The Bertz CT molecular complexity index is 639. The Morgan fingerprint density at radius 2 is 2.00 bits per heavy atom. The average Bonchev–Trinajstić information content (AvgIpc) is 2.57. The second-order valence-electron chi connectivity index (χ2n) is 4.29. The van der Waals surface area contributed by atoms with Crippen molar-refractivity contribution in [3.05, 3.63) is 29.1 Å². The Balaban J connectivity index is 2.38. The van der Waals surface area contributed by atoms with Gasteiger partial charge in [0.1, 0.15) is 5.75 Å². The highest BCUT2D eigenvalue weighted by molar-refractivity contribution is 7.91. The molecule has 0 bridgehead atoms. The van der Waals surface area contributed by atoms with Gasteiger partial charge in [0.05, 0.1) is 11.0 Å². The fourth-order valence-electron chi connectivity index (χ4n) is 1.52. The number of sulfone groups is 1. The molecule has 0 aliphatic heterocycles. The van der Waals surface area contributed by atoms with Crippen molar-refractivity contribution in [2.45, 2.75) is 24.9 Å². The molecule has 0 amide bonds. The summed E-state index contributed by atoms with van der Waals surface area (Å²) in [6, 6.07) is 6.90. The largest absolute Gasteiger partial charge is 0.508 e. The van der Waals surface area contributed by atoms with Crippen LogP contribution >= 0.6 is 11.3 Å². The summed E-state index contributed by atoms with van der Waals surface area (Å²) in [5, 5.41) is 9.88. The van der Waals surface area contributed by atoms with Crippen molar-refractivity contribution < 1.29 is 13.5 Å². The third-order valence-corrected chi connectivity index (χ3v) is 6.06. The van der Waals surface area contributed by atoms with Gasteiger partial charge in [0.25, 0.3) is 0 Å². The van der Waals surface area contributed by atoms with E-state index in [-0.39, 0.29) is 16.8 Å². The molecule has 1 N–H and O–H groups in total. The first-order valence-corrected chi connectivity index (χ1v) is 7.85. The van der Waals surface area contributed by atoms with E-state index in [1.165, 1.54) is 11.3 Å². The number of rotatable bonds is 3. The van der Waals surface area contributed by atoms with Crippen LogP contribution in [0.25, 0.3) is 10.1 Å². The summed E-state index contributed by atoms with van der Waals surface area (Å²) in [4.78, 5) is 0.819. The molecule has 1 aromatic heterocycles. The highest BCUT2D eigenvalue weighted by atomic mass is 32.2. The lowest BCUT2D eigenvalue weighted by molar-refractivity contribution is 0.476. The Kier molecular flexibility index (Phi) is 3.14. The second kappa shape index (κ2) is 4.31. The lowest BCUT2D eigenvalue weighted by atomic mass is 10.2. The SMILES string of the molecule is CC(C)S(=O)(=O)Cc1cc2cc(O)ccc2s1. The summed E-state index contributed by atoms with van der Waals surface area (Å²) in [6.07, 6.45) is 0. The van der Waals surface area contributed by atoms with Crippen LogP contribution in [0.1, 0.15) is 18.7 Å². The quantitative estimate of drug-likeness (QED) is 0.933. The molecule has 92 valence electrons. The molecule has 17 heavy (non-hydrogen) atoms. The van der Waals surface area contributed by atoms with Crippen molar-refractivity contribution in [3.63, 3.8) is 0 Å². The molecule has 1 heterocycles. The predicted octanol–water partition coefficient (Wildman–Crippen LogP) is 2.93. The van der Waals surface area contributed by atoms with E-state index in [9.17, 15) is 13.5 Å². The molecule has 0 fully saturated rings. The second-order valence-corrected chi connectivity index (χ2v) is 8.02. The fraction of sp³-hybridized carbons (Fsp3) is 0.333. The van der Waals surface area contributed by atoms with Crippen LogP contribution in [-0.2, 0) is 15.6 Å². The van der Waals surface area contributed by atoms with E-state index >= 15 is 0 Å². The predicted molar refractivity (Wildman–Crippen MR) is 71.2 cm³/mol. The van der Waals surface area contributed by atoms with Crippen molar-refractivity contribution in [2.24, 2.45) is 0 Å². The minimum atomic E-state index is -3.06. The molecular weight excluding hydrogens is 256 g/mol. The van der Waals surface area contributed by atoms with Crippen LogP contribution in [0.15, 0.2) is 24.3 Å². The van der Waals surface area contributed by atoms with Crippen LogP contribution in [-0.4, -0.2) is 18.8 Å². The summed E-state index contributed by atoms with van der Waals surface area (Å²) < 4.78 is 24.6. The first kappa shape index (κ1) is 12.4. The zero-order chi connectivity index (χ0) is 12.6. The minimum absolute atomic E-state index is 0.0742. The van der Waals surface area contributed by atoms with Gasteiger partial charge in [0, 0.05) is 9.58 Å². The van der Waals surface area contributed by atoms with Crippen LogP contribution < -0.4 is 0 Å². The number of hydrogen-bond donors (Lipinski definition) is 1. The molecule has 0 radical (unpaired) electrons. The van der Waals surface area contributed by atoms with Gasteiger partial charge in [-0.2, -0.15) is 0 Å². The highest BCUT2D eigenvalue weighted by Gasteiger charge is 2.18. The van der Waals surface area contributed by atoms with E-state index in [0.29, 0.717) is 0 Å². The molecule has 5 heteroatoms. The van der Waals surface area contributed by atoms with Gasteiger partial charge in [-0.1, -0.05) is 0 Å². The third kappa shape index (κ3) is 2.61. The molecule has 0 aliphatic rings. The first-order valence-electron chi connectivity index (χ1n) is 5.31. The number of phenolic OH excluding ortho intramolecular Hbond substituents is 1. The van der Waals surface area contributed by atoms with Gasteiger partial charge in [-0.3, -0.25) is 0 Å². The van der Waals surface area contributed by atoms with Crippen molar-refractivity contribution in [1.29, 1.82) is 0 Å². The summed E-state index contributed by atoms with van der Waals surface area (Å²) >= 11 is 1.46. The smallest absolute Gasteiger partial charge is 0.157 e. The Morgan fingerprint density at radius 3 is 2.65 bits per heavy atom. The van der Waals surface area contributed by atoms with Gasteiger partial charge in [-0.25, -0.2) is 8.42 Å². The van der Waals surface area contributed by atoms with E-state index in [4.69, 9.17) is 0 Å². The standard InChI is InChI=1S/C12H14O3S2/c1-8(2)17(14,15)7-11-6-9-5-10(13)3-4-12(9)16-11/h3-6,8,13H,7H2,1-2H3. The number of hydrogen-bond acceptors (Lipinski definition) is 4. The number of aromatic hydroxyl groups is 1. The Labute approximate surface area is 105 Å². The molecule has 0 atom stereocenters. The molecule has 0 saturated heterocycles. The fourth-order valence-corrected chi connectivity index (χ4v) is 3.90. The van der Waals surface area contributed by atoms with Gasteiger partial charge >= 0.3 is 0 Å². The Hall–Kier alpha value is -1.07. The molecule has 0 aliphatic carbocycles. The zero-order valence-corrected chi connectivity index (χ0v) is 11.3. The number of benzene rings is 1. The van der Waals surface area contributed by atoms with E-state index < -0.39 is 9.84 Å². The van der Waals surface area contributed by atoms with Gasteiger partial charge in [0.2, 0.25) is 0 Å². The topological polar surface area (TPSA) is 54.4 Å². The third-order valence-electron chi connectivity index (χ3n) is 2.61. The van der Waals surface area contributed by atoms with E-state index in [1.807, 2.05) is 6.07 Å². The maximum atomic E-state index is 11.8. The van der Waals surface area contributed by atoms with Crippen molar-refractivity contribution in [1.82, 2.24) is 0 Å². The highest BCUT2D eigenvalue weighted by Crippen LogP contribution is 2.30. The molecule has 1 aromatic carbocycles. The van der Waals surface area contributed by atoms with Gasteiger partial charge in [-0.05, 0) is 43.5 Å². The summed E-state index contributed by atoms with van der Waals surface area (Å²) in [7, 11) is -3.06. The summed E-state index contributed by atoms with van der Waals surface area (Å²) in [6.45, 7) is 3.38. The minimum Gasteiger partial charge on any atom is -0.508 e. The van der Waals surface area contributed by atoms with E-state index in [1.54, 1.807) is 32.0 Å². The maximum Gasteiger partial charge on any atom is 0.157 e.